The average Bonchev–Trinajstić information content (AvgIpc) is 2.30. The lowest BCUT2D eigenvalue weighted by molar-refractivity contribution is 0.0623. The molecule has 1 heterocycles. The third-order valence-corrected chi connectivity index (χ3v) is 2.70. The zero-order chi connectivity index (χ0) is 12.3. The van der Waals surface area contributed by atoms with Crippen LogP contribution in [0.2, 0.25) is 0 Å². The van der Waals surface area contributed by atoms with Crippen molar-refractivity contribution in [2.24, 2.45) is 0 Å². The molecule has 0 saturated carbocycles. The Morgan fingerprint density at radius 3 is 3.00 bits per heavy atom. The molecule has 0 bridgehead atoms. The number of amides is 1. The molecule has 1 aromatic rings. The van der Waals surface area contributed by atoms with Gasteiger partial charge >= 0.3 is 0 Å². The van der Waals surface area contributed by atoms with Crippen LogP contribution in [0.1, 0.15) is 23.2 Å². The predicted molar refractivity (Wildman–Crippen MR) is 59.4 cm³/mol. The third-order valence-electron chi connectivity index (χ3n) is 2.70. The van der Waals surface area contributed by atoms with E-state index in [9.17, 15) is 14.3 Å². The van der Waals surface area contributed by atoms with E-state index in [1.165, 1.54) is 6.07 Å². The van der Waals surface area contributed by atoms with Crippen molar-refractivity contribution < 1.29 is 19.0 Å². The summed E-state index contributed by atoms with van der Waals surface area (Å²) in [5.41, 5.74) is 0.0805. The van der Waals surface area contributed by atoms with Gasteiger partial charge in [0.05, 0.1) is 18.2 Å². The van der Waals surface area contributed by atoms with Gasteiger partial charge in [0.25, 0.3) is 5.91 Å². The maximum absolute atomic E-state index is 12.8. The van der Waals surface area contributed by atoms with Crippen LogP contribution in [0.25, 0.3) is 0 Å². The summed E-state index contributed by atoms with van der Waals surface area (Å²) in [7, 11) is 0. The van der Waals surface area contributed by atoms with E-state index in [0.29, 0.717) is 13.2 Å². The minimum atomic E-state index is -0.569. The molecular formula is C12H14FNO3. The second kappa shape index (κ2) is 5.14. The highest BCUT2D eigenvalue weighted by molar-refractivity contribution is 5.96. The Morgan fingerprint density at radius 1 is 1.53 bits per heavy atom. The summed E-state index contributed by atoms with van der Waals surface area (Å²) in [6.45, 7) is 1.20. The normalized spacial score (nSPS) is 19.9. The maximum Gasteiger partial charge on any atom is 0.255 e. The molecule has 1 fully saturated rings. The molecule has 2 N–H and O–H groups in total. The van der Waals surface area contributed by atoms with E-state index in [-0.39, 0.29) is 17.4 Å². The molecule has 0 radical (unpaired) electrons. The molecule has 92 valence electrons. The molecule has 4 nitrogen and oxygen atoms in total. The third kappa shape index (κ3) is 2.94. The first-order valence-corrected chi connectivity index (χ1v) is 5.54. The second-order valence-corrected chi connectivity index (χ2v) is 4.05. The van der Waals surface area contributed by atoms with Gasteiger partial charge in [-0.1, -0.05) is 0 Å². The summed E-state index contributed by atoms with van der Waals surface area (Å²) in [5.74, 6) is -1.32. The van der Waals surface area contributed by atoms with E-state index in [0.717, 1.165) is 25.0 Å². The highest BCUT2D eigenvalue weighted by Crippen LogP contribution is 2.18. The van der Waals surface area contributed by atoms with E-state index < -0.39 is 11.7 Å². The van der Waals surface area contributed by atoms with Gasteiger partial charge in [-0.15, -0.1) is 0 Å². The van der Waals surface area contributed by atoms with Gasteiger partial charge in [-0.05, 0) is 25.0 Å². The Balaban J connectivity index is 2.03. The first kappa shape index (κ1) is 11.9. The number of phenolic OH excluding ortho intramolecular Hbond substituents is 1. The lowest BCUT2D eigenvalue weighted by Gasteiger charge is -2.23. The number of carbonyl (C=O) groups is 1. The van der Waals surface area contributed by atoms with Crippen molar-refractivity contribution in [1.82, 2.24) is 5.32 Å². The molecule has 0 spiro atoms. The van der Waals surface area contributed by atoms with Crippen LogP contribution in [-0.4, -0.2) is 30.3 Å². The molecule has 1 aliphatic heterocycles. The Bertz CT molecular complexity index is 416. The van der Waals surface area contributed by atoms with Crippen molar-refractivity contribution >= 4 is 5.91 Å². The van der Waals surface area contributed by atoms with Gasteiger partial charge in [0.2, 0.25) is 0 Å². The van der Waals surface area contributed by atoms with Crippen molar-refractivity contribution in [3.63, 3.8) is 0 Å². The molecule has 1 amide bonds. The minimum absolute atomic E-state index is 0.0410. The van der Waals surface area contributed by atoms with Crippen molar-refractivity contribution in [2.75, 3.05) is 13.2 Å². The quantitative estimate of drug-likeness (QED) is 0.821. The van der Waals surface area contributed by atoms with Gasteiger partial charge in [0.1, 0.15) is 11.6 Å². The van der Waals surface area contributed by atoms with Crippen molar-refractivity contribution in [1.29, 1.82) is 0 Å². The molecule has 1 saturated heterocycles. The minimum Gasteiger partial charge on any atom is -0.507 e. The summed E-state index contributed by atoms with van der Waals surface area (Å²) in [4.78, 5) is 11.8. The highest BCUT2D eigenvalue weighted by Gasteiger charge is 2.19. The van der Waals surface area contributed by atoms with Crippen LogP contribution in [-0.2, 0) is 4.74 Å². The lowest BCUT2D eigenvalue weighted by atomic mass is 10.1. The summed E-state index contributed by atoms with van der Waals surface area (Å²) in [6.07, 6.45) is 1.76. The smallest absolute Gasteiger partial charge is 0.255 e. The van der Waals surface area contributed by atoms with Crippen molar-refractivity contribution in [3.05, 3.63) is 29.6 Å². The fourth-order valence-electron chi connectivity index (χ4n) is 1.81. The van der Waals surface area contributed by atoms with Crippen LogP contribution in [0.5, 0.6) is 5.75 Å². The van der Waals surface area contributed by atoms with E-state index in [1.807, 2.05) is 0 Å². The summed E-state index contributed by atoms with van der Waals surface area (Å²) in [5, 5.41) is 12.2. The largest absolute Gasteiger partial charge is 0.507 e. The van der Waals surface area contributed by atoms with Crippen LogP contribution < -0.4 is 5.32 Å². The zero-order valence-corrected chi connectivity index (χ0v) is 9.28. The van der Waals surface area contributed by atoms with E-state index in [4.69, 9.17) is 4.74 Å². The topological polar surface area (TPSA) is 58.6 Å². The van der Waals surface area contributed by atoms with Crippen molar-refractivity contribution in [2.45, 2.75) is 18.9 Å². The number of carbonyl (C=O) groups excluding carboxylic acids is 1. The Labute approximate surface area is 98.4 Å². The first-order chi connectivity index (χ1) is 8.16. The molecule has 1 unspecified atom stereocenters. The van der Waals surface area contributed by atoms with Crippen LogP contribution in [0, 0.1) is 5.82 Å². The lowest BCUT2D eigenvalue weighted by Crippen LogP contribution is -2.40. The van der Waals surface area contributed by atoms with E-state index in [2.05, 4.69) is 5.32 Å². The average molecular weight is 239 g/mol. The second-order valence-electron chi connectivity index (χ2n) is 4.05. The van der Waals surface area contributed by atoms with E-state index >= 15 is 0 Å². The fraction of sp³-hybridized carbons (Fsp3) is 0.417. The number of benzene rings is 1. The zero-order valence-electron chi connectivity index (χ0n) is 9.28. The summed E-state index contributed by atoms with van der Waals surface area (Å²) in [6, 6.07) is 3.29. The van der Waals surface area contributed by atoms with Crippen LogP contribution >= 0.6 is 0 Å². The van der Waals surface area contributed by atoms with Gasteiger partial charge in [-0.25, -0.2) is 4.39 Å². The number of ether oxygens (including phenoxy) is 1. The van der Waals surface area contributed by atoms with Gasteiger partial charge < -0.3 is 15.2 Å². The fourth-order valence-corrected chi connectivity index (χ4v) is 1.81. The van der Waals surface area contributed by atoms with Crippen LogP contribution in [0.4, 0.5) is 4.39 Å². The Hall–Kier alpha value is -1.62. The summed E-state index contributed by atoms with van der Waals surface area (Å²) >= 11 is 0. The summed E-state index contributed by atoms with van der Waals surface area (Å²) < 4.78 is 18.0. The number of rotatable bonds is 2. The number of nitrogens with one attached hydrogen (secondary N) is 1. The van der Waals surface area contributed by atoms with Gasteiger partial charge in [0.15, 0.2) is 0 Å². The van der Waals surface area contributed by atoms with Gasteiger partial charge in [-0.3, -0.25) is 4.79 Å². The van der Waals surface area contributed by atoms with Gasteiger partial charge in [-0.2, -0.15) is 0 Å². The molecule has 2 rings (SSSR count). The molecule has 0 aliphatic carbocycles. The predicted octanol–water partition coefficient (Wildman–Crippen LogP) is 1.44. The molecule has 1 aromatic carbocycles. The van der Waals surface area contributed by atoms with Gasteiger partial charge in [0, 0.05) is 12.7 Å². The molecule has 0 aromatic heterocycles. The monoisotopic (exact) mass is 239 g/mol. The molecular weight excluding hydrogens is 225 g/mol. The van der Waals surface area contributed by atoms with E-state index in [1.54, 1.807) is 0 Å². The SMILES string of the molecule is O=C(NC1CCCOC1)c1ccc(F)cc1O. The maximum atomic E-state index is 12.8. The molecule has 1 atom stereocenters. The number of aromatic hydroxyl groups is 1. The highest BCUT2D eigenvalue weighted by atomic mass is 19.1. The Morgan fingerprint density at radius 2 is 2.35 bits per heavy atom. The standard InChI is InChI=1S/C12H14FNO3/c13-8-3-4-10(11(15)6-8)12(16)14-9-2-1-5-17-7-9/h3-4,6,9,15H,1-2,5,7H2,(H,14,16). The molecule has 5 heteroatoms. The first-order valence-electron chi connectivity index (χ1n) is 5.54. The van der Waals surface area contributed by atoms with Crippen LogP contribution in [0.15, 0.2) is 18.2 Å². The molecule has 1 aliphatic rings. The number of hydrogen-bond donors (Lipinski definition) is 2. The molecule has 17 heavy (non-hydrogen) atoms. The number of phenols is 1. The van der Waals surface area contributed by atoms with Crippen LogP contribution in [0.3, 0.4) is 0 Å². The number of hydrogen-bond acceptors (Lipinski definition) is 3. The Kier molecular flexibility index (Phi) is 3.58. The number of halogens is 1. The van der Waals surface area contributed by atoms with Crippen molar-refractivity contribution in [3.8, 4) is 5.75 Å².